The van der Waals surface area contributed by atoms with Crippen LogP contribution in [-0.2, 0) is 22.4 Å². The molecule has 0 bridgehead atoms. The van der Waals surface area contributed by atoms with Crippen LogP contribution in [0.3, 0.4) is 0 Å². The van der Waals surface area contributed by atoms with E-state index in [2.05, 4.69) is 15.3 Å². The first-order valence-corrected chi connectivity index (χ1v) is 8.13. The number of anilines is 1. The highest BCUT2D eigenvalue weighted by Gasteiger charge is 2.33. The van der Waals surface area contributed by atoms with Crippen molar-refractivity contribution in [1.82, 2.24) is 14.9 Å². The Morgan fingerprint density at radius 1 is 1.40 bits per heavy atom. The lowest BCUT2D eigenvalue weighted by atomic mass is 10.1. The Morgan fingerprint density at radius 2 is 2.20 bits per heavy atom. The summed E-state index contributed by atoms with van der Waals surface area (Å²) >= 11 is -1.01. The molecule has 3 heterocycles. The molecule has 0 radical (unpaired) electrons. The number of piperidine rings is 1. The van der Waals surface area contributed by atoms with Crippen LogP contribution in [0.1, 0.15) is 24.4 Å². The third-order valence-corrected chi connectivity index (χ3v) is 5.23. The van der Waals surface area contributed by atoms with Crippen LogP contribution < -0.4 is 5.32 Å². The van der Waals surface area contributed by atoms with Gasteiger partial charge in [0.25, 0.3) is 0 Å². The second-order valence-corrected chi connectivity index (χ2v) is 6.86. The van der Waals surface area contributed by atoms with Gasteiger partial charge in [-0.3, -0.25) is 4.79 Å². The van der Waals surface area contributed by atoms with Crippen molar-refractivity contribution in [2.24, 2.45) is 0 Å². The van der Waals surface area contributed by atoms with Crippen molar-refractivity contribution in [1.29, 1.82) is 0 Å². The van der Waals surface area contributed by atoms with Crippen molar-refractivity contribution >= 4 is 22.9 Å². The fourth-order valence-electron chi connectivity index (χ4n) is 2.74. The lowest BCUT2D eigenvalue weighted by Gasteiger charge is -2.30. The number of likely N-dealkylation sites (N-methyl/N-ethyl adjacent to an activating group) is 1. The SMILES string of the molecule is Cc1nc2c(c(N[C@H]3CCC(=O)N(C)C3)n1)[S+]([O-])CC2. The van der Waals surface area contributed by atoms with Gasteiger partial charge < -0.3 is 14.8 Å². The van der Waals surface area contributed by atoms with Crippen LogP contribution in [0.2, 0.25) is 0 Å². The third-order valence-electron chi connectivity index (χ3n) is 3.77. The van der Waals surface area contributed by atoms with Gasteiger partial charge in [0.1, 0.15) is 17.3 Å². The molecular weight excluding hydrogens is 276 g/mol. The maximum Gasteiger partial charge on any atom is 0.222 e. The summed E-state index contributed by atoms with van der Waals surface area (Å²) in [5.74, 6) is 2.20. The highest BCUT2D eigenvalue weighted by atomic mass is 32.2. The number of nitrogens with one attached hydrogen (secondary N) is 1. The van der Waals surface area contributed by atoms with E-state index >= 15 is 0 Å². The molecular formula is C13H18N4O2S. The number of likely N-dealkylation sites (tertiary alicyclic amines) is 1. The fraction of sp³-hybridized carbons (Fsp3) is 0.615. The topological polar surface area (TPSA) is 81.2 Å². The highest BCUT2D eigenvalue weighted by molar-refractivity contribution is 7.91. The van der Waals surface area contributed by atoms with Gasteiger partial charge in [0.05, 0.1) is 0 Å². The summed E-state index contributed by atoms with van der Waals surface area (Å²) in [7, 11) is 1.81. The Morgan fingerprint density at radius 3 is 2.95 bits per heavy atom. The minimum atomic E-state index is -1.01. The van der Waals surface area contributed by atoms with Crippen molar-refractivity contribution in [2.45, 2.75) is 37.1 Å². The van der Waals surface area contributed by atoms with Gasteiger partial charge in [-0.1, -0.05) is 0 Å². The Balaban J connectivity index is 1.83. The van der Waals surface area contributed by atoms with Crippen molar-refractivity contribution < 1.29 is 9.35 Å². The van der Waals surface area contributed by atoms with Crippen LogP contribution >= 0.6 is 0 Å². The van der Waals surface area contributed by atoms with E-state index in [9.17, 15) is 9.35 Å². The Bertz CT molecular complexity index is 551. The molecule has 108 valence electrons. The van der Waals surface area contributed by atoms with E-state index in [4.69, 9.17) is 0 Å². The van der Waals surface area contributed by atoms with Crippen LogP contribution in [0.5, 0.6) is 0 Å². The molecule has 1 amide bonds. The predicted molar refractivity (Wildman–Crippen MR) is 76.0 cm³/mol. The zero-order valence-corrected chi connectivity index (χ0v) is 12.5. The Hall–Kier alpha value is -1.34. The molecule has 1 fully saturated rings. The molecule has 1 aromatic rings. The number of nitrogens with zero attached hydrogens (tertiary/aromatic N) is 3. The Labute approximate surface area is 121 Å². The molecule has 2 aliphatic heterocycles. The van der Waals surface area contributed by atoms with E-state index in [1.54, 1.807) is 4.90 Å². The summed E-state index contributed by atoms with van der Waals surface area (Å²) < 4.78 is 12.1. The minimum absolute atomic E-state index is 0.161. The van der Waals surface area contributed by atoms with Crippen molar-refractivity contribution in [3.63, 3.8) is 0 Å². The maximum absolute atomic E-state index is 12.1. The van der Waals surface area contributed by atoms with E-state index in [0.717, 1.165) is 23.4 Å². The molecule has 6 nitrogen and oxygen atoms in total. The number of hydrogen-bond acceptors (Lipinski definition) is 5. The molecule has 1 aromatic heterocycles. The van der Waals surface area contributed by atoms with Gasteiger partial charge >= 0.3 is 0 Å². The van der Waals surface area contributed by atoms with Crippen molar-refractivity contribution in [3.05, 3.63) is 11.5 Å². The average molecular weight is 294 g/mol. The van der Waals surface area contributed by atoms with Gasteiger partial charge in [0, 0.05) is 32.5 Å². The first kappa shape index (κ1) is 13.6. The van der Waals surface area contributed by atoms with Crippen molar-refractivity contribution in [2.75, 3.05) is 24.7 Å². The van der Waals surface area contributed by atoms with Crippen LogP contribution in [0.25, 0.3) is 0 Å². The molecule has 0 aliphatic carbocycles. The van der Waals surface area contributed by atoms with E-state index < -0.39 is 11.2 Å². The molecule has 2 aliphatic rings. The monoisotopic (exact) mass is 294 g/mol. The average Bonchev–Trinajstić information content (AvgIpc) is 2.75. The second-order valence-electron chi connectivity index (χ2n) is 5.35. The predicted octanol–water partition coefficient (Wildman–Crippen LogP) is 0.481. The lowest BCUT2D eigenvalue weighted by molar-refractivity contribution is -0.132. The summed E-state index contributed by atoms with van der Waals surface area (Å²) in [5, 5.41) is 3.37. The molecule has 3 rings (SSSR count). The lowest BCUT2D eigenvalue weighted by Crippen LogP contribution is -2.43. The second kappa shape index (κ2) is 5.21. The number of carbonyl (C=O) groups excluding carboxylic acids is 1. The standard InChI is InChI=1S/C13H18N4O2S/c1-8-14-10-5-6-20(19)12(10)13(15-8)16-9-3-4-11(18)17(2)7-9/h9H,3-7H2,1-2H3,(H,14,15,16)/t9-,20?/m0/s1. The van der Waals surface area contributed by atoms with Gasteiger partial charge in [-0.15, -0.1) is 0 Å². The van der Waals surface area contributed by atoms with Gasteiger partial charge in [-0.2, -0.15) is 0 Å². The number of rotatable bonds is 2. The molecule has 0 saturated carbocycles. The largest absolute Gasteiger partial charge is 0.611 e. The normalized spacial score (nSPS) is 25.8. The smallest absolute Gasteiger partial charge is 0.222 e. The highest BCUT2D eigenvalue weighted by Crippen LogP contribution is 2.31. The van der Waals surface area contributed by atoms with Crippen LogP contribution in [0.4, 0.5) is 5.82 Å². The fourth-order valence-corrected chi connectivity index (χ4v) is 4.06. The van der Waals surface area contributed by atoms with E-state index in [-0.39, 0.29) is 11.9 Å². The minimum Gasteiger partial charge on any atom is -0.611 e. The molecule has 20 heavy (non-hydrogen) atoms. The van der Waals surface area contributed by atoms with E-state index in [1.165, 1.54) is 0 Å². The van der Waals surface area contributed by atoms with Crippen molar-refractivity contribution in [3.8, 4) is 0 Å². The molecule has 2 atom stereocenters. The van der Waals surface area contributed by atoms with Gasteiger partial charge in [-0.05, 0) is 24.5 Å². The van der Waals surface area contributed by atoms with Gasteiger partial charge in [-0.25, -0.2) is 9.97 Å². The van der Waals surface area contributed by atoms with Crippen LogP contribution in [0.15, 0.2) is 4.90 Å². The molecule has 0 spiro atoms. The summed E-state index contributed by atoms with van der Waals surface area (Å²) in [6.45, 7) is 2.51. The number of aromatic nitrogens is 2. The number of fused-ring (bicyclic) bond motifs is 1. The maximum atomic E-state index is 12.1. The van der Waals surface area contributed by atoms with E-state index in [0.29, 0.717) is 30.4 Å². The summed E-state index contributed by atoms with van der Waals surface area (Å²) in [5.41, 5.74) is 0.901. The number of hydrogen-bond donors (Lipinski definition) is 1. The third kappa shape index (κ3) is 2.47. The van der Waals surface area contributed by atoms with Crippen LogP contribution in [0, 0.1) is 6.92 Å². The summed E-state index contributed by atoms with van der Waals surface area (Å²) in [6.07, 6.45) is 2.08. The summed E-state index contributed by atoms with van der Waals surface area (Å²) in [6, 6.07) is 0.161. The number of carbonyl (C=O) groups is 1. The molecule has 1 unspecified atom stereocenters. The van der Waals surface area contributed by atoms with Gasteiger partial charge in [0.2, 0.25) is 10.8 Å². The van der Waals surface area contributed by atoms with Crippen LogP contribution in [-0.4, -0.2) is 50.7 Å². The summed E-state index contributed by atoms with van der Waals surface area (Å²) in [4.78, 5) is 22.8. The number of amides is 1. The zero-order chi connectivity index (χ0) is 14.3. The van der Waals surface area contributed by atoms with Gasteiger partial charge in [0.15, 0.2) is 5.82 Å². The zero-order valence-electron chi connectivity index (χ0n) is 11.7. The first-order valence-electron chi connectivity index (χ1n) is 6.81. The molecule has 0 aromatic carbocycles. The molecule has 1 saturated heterocycles. The Kier molecular flexibility index (Phi) is 3.55. The van der Waals surface area contributed by atoms with E-state index in [1.807, 2.05) is 14.0 Å². The quantitative estimate of drug-likeness (QED) is 0.802. The molecule has 7 heteroatoms. The molecule has 1 N–H and O–H groups in total. The first-order chi connectivity index (χ1) is 9.54. The number of aryl methyl sites for hydroxylation is 2.